The second-order valence-electron chi connectivity index (χ2n) is 5.81. The second-order valence-corrected chi connectivity index (χ2v) is 7.30. The summed E-state index contributed by atoms with van der Waals surface area (Å²) in [7, 11) is 0. The maximum absolute atomic E-state index is 12.7. The molecule has 0 aliphatic rings. The summed E-state index contributed by atoms with van der Waals surface area (Å²) in [5.74, 6) is -0.0871. The third-order valence-electron chi connectivity index (χ3n) is 4.20. The van der Waals surface area contributed by atoms with Crippen LogP contribution in [0.25, 0.3) is 21.0 Å². The summed E-state index contributed by atoms with van der Waals surface area (Å²) >= 11 is 7.39. The molecule has 0 radical (unpaired) electrons. The van der Waals surface area contributed by atoms with Gasteiger partial charge in [0.2, 0.25) is 0 Å². The number of aryl methyl sites for hydroxylation is 1. The summed E-state index contributed by atoms with van der Waals surface area (Å²) in [6.45, 7) is 1.91. The van der Waals surface area contributed by atoms with Crippen LogP contribution in [0.1, 0.15) is 15.2 Å². The summed E-state index contributed by atoms with van der Waals surface area (Å²) in [5.41, 5.74) is 1.24. The Balaban J connectivity index is 1.74. The fraction of sp³-hybridized carbons (Fsp3) is 0.105. The van der Waals surface area contributed by atoms with Crippen LogP contribution in [-0.4, -0.2) is 15.3 Å². The minimum absolute atomic E-state index is 0.0297. The Hall–Kier alpha value is -2.50. The van der Waals surface area contributed by atoms with E-state index in [1.807, 2.05) is 31.2 Å². The molecule has 4 rings (SSSR count). The Morgan fingerprint density at radius 2 is 2.00 bits per heavy atom. The van der Waals surface area contributed by atoms with Crippen molar-refractivity contribution in [2.24, 2.45) is 0 Å². The second kappa shape index (κ2) is 6.10. The fourth-order valence-electron chi connectivity index (χ4n) is 2.91. The van der Waals surface area contributed by atoms with Crippen LogP contribution in [-0.2, 0) is 6.54 Å². The molecule has 0 bridgehead atoms. The molecule has 0 saturated carbocycles. The monoisotopic (exact) mass is 368 g/mol. The molecule has 0 aliphatic heterocycles. The van der Waals surface area contributed by atoms with Gasteiger partial charge in [0.1, 0.15) is 0 Å². The zero-order valence-electron chi connectivity index (χ0n) is 13.3. The number of hydrogen-bond acceptors (Lipinski definition) is 4. The van der Waals surface area contributed by atoms with Crippen molar-refractivity contribution in [3.63, 3.8) is 0 Å². The average Bonchev–Trinajstić information content (AvgIpc) is 2.95. The van der Waals surface area contributed by atoms with E-state index >= 15 is 0 Å². The standard InChI is InChI=1S/C19H13ClN2O2S/c1-11-13-4-2-3-5-17(13)25-18(11)16(23)9-22-10-21-15-8-12(20)6-7-14(15)19(22)24/h2-8,10H,9H2,1H3. The highest BCUT2D eigenvalue weighted by Crippen LogP contribution is 2.31. The highest BCUT2D eigenvalue weighted by molar-refractivity contribution is 7.21. The van der Waals surface area contributed by atoms with Crippen LogP contribution in [0.3, 0.4) is 0 Å². The van der Waals surface area contributed by atoms with E-state index < -0.39 is 0 Å². The number of fused-ring (bicyclic) bond motifs is 2. The number of ketones is 1. The molecule has 2 heterocycles. The van der Waals surface area contributed by atoms with Gasteiger partial charge < -0.3 is 0 Å². The molecule has 2 aromatic carbocycles. The van der Waals surface area contributed by atoms with E-state index in [4.69, 9.17) is 11.6 Å². The molecule has 0 aliphatic carbocycles. The molecule has 0 unspecified atom stereocenters. The number of aromatic nitrogens is 2. The first-order valence-electron chi connectivity index (χ1n) is 7.70. The minimum Gasteiger partial charge on any atom is -0.291 e. The Bertz CT molecular complexity index is 1190. The number of rotatable bonds is 3. The molecular weight excluding hydrogens is 356 g/mol. The van der Waals surface area contributed by atoms with Gasteiger partial charge >= 0.3 is 0 Å². The van der Waals surface area contributed by atoms with Crippen LogP contribution < -0.4 is 5.56 Å². The van der Waals surface area contributed by atoms with Crippen LogP contribution >= 0.6 is 22.9 Å². The number of carbonyl (C=O) groups is 1. The first-order valence-corrected chi connectivity index (χ1v) is 8.90. The Morgan fingerprint density at radius 3 is 2.80 bits per heavy atom. The van der Waals surface area contributed by atoms with Gasteiger partial charge in [-0.1, -0.05) is 29.8 Å². The van der Waals surface area contributed by atoms with Crippen molar-refractivity contribution in [1.29, 1.82) is 0 Å². The van der Waals surface area contributed by atoms with Gasteiger partial charge in [-0.2, -0.15) is 0 Å². The van der Waals surface area contributed by atoms with Crippen LogP contribution in [0.4, 0.5) is 0 Å². The Morgan fingerprint density at radius 1 is 1.20 bits per heavy atom. The number of nitrogens with zero attached hydrogens (tertiary/aromatic N) is 2. The van der Waals surface area contributed by atoms with Gasteiger partial charge in [0, 0.05) is 9.72 Å². The lowest BCUT2D eigenvalue weighted by Crippen LogP contribution is -2.24. The molecule has 0 saturated heterocycles. The van der Waals surface area contributed by atoms with Gasteiger partial charge in [-0.3, -0.25) is 14.2 Å². The molecule has 0 atom stereocenters. The number of benzene rings is 2. The number of thiophene rings is 1. The molecule has 2 aromatic heterocycles. The number of halogens is 1. The van der Waals surface area contributed by atoms with E-state index in [1.54, 1.807) is 18.2 Å². The van der Waals surface area contributed by atoms with E-state index in [-0.39, 0.29) is 17.9 Å². The van der Waals surface area contributed by atoms with Crippen molar-refractivity contribution in [2.45, 2.75) is 13.5 Å². The molecule has 4 aromatic rings. The fourth-order valence-corrected chi connectivity index (χ4v) is 4.22. The van der Waals surface area contributed by atoms with E-state index in [1.165, 1.54) is 22.2 Å². The zero-order chi connectivity index (χ0) is 17.6. The van der Waals surface area contributed by atoms with Gasteiger partial charge in [-0.05, 0) is 42.1 Å². The number of hydrogen-bond donors (Lipinski definition) is 0. The number of carbonyl (C=O) groups excluding carboxylic acids is 1. The lowest BCUT2D eigenvalue weighted by atomic mass is 10.1. The third kappa shape index (κ3) is 2.75. The van der Waals surface area contributed by atoms with Crippen LogP contribution in [0.15, 0.2) is 53.6 Å². The molecular formula is C19H13ClN2O2S. The summed E-state index contributed by atoms with van der Waals surface area (Å²) in [6, 6.07) is 12.8. The maximum Gasteiger partial charge on any atom is 0.261 e. The molecule has 25 heavy (non-hydrogen) atoms. The normalized spacial score (nSPS) is 11.3. The van der Waals surface area contributed by atoms with Crippen LogP contribution in [0, 0.1) is 6.92 Å². The SMILES string of the molecule is Cc1c(C(=O)Cn2cnc3cc(Cl)ccc3c2=O)sc2ccccc12. The molecule has 0 amide bonds. The van der Waals surface area contributed by atoms with Crippen molar-refractivity contribution in [1.82, 2.24) is 9.55 Å². The maximum atomic E-state index is 12.7. The van der Waals surface area contributed by atoms with Gasteiger partial charge in [-0.15, -0.1) is 11.3 Å². The van der Waals surface area contributed by atoms with Gasteiger partial charge in [0.15, 0.2) is 5.78 Å². The summed E-state index contributed by atoms with van der Waals surface area (Å²) in [4.78, 5) is 30.3. The van der Waals surface area contributed by atoms with Crippen LogP contribution in [0.5, 0.6) is 0 Å². The third-order valence-corrected chi connectivity index (χ3v) is 5.75. The predicted octanol–water partition coefficient (Wildman–Crippen LogP) is 4.46. The van der Waals surface area contributed by atoms with E-state index in [9.17, 15) is 9.59 Å². The summed E-state index contributed by atoms with van der Waals surface area (Å²) in [6.07, 6.45) is 1.40. The lowest BCUT2D eigenvalue weighted by Gasteiger charge is -2.06. The minimum atomic E-state index is -0.242. The largest absolute Gasteiger partial charge is 0.291 e. The first-order chi connectivity index (χ1) is 12.0. The zero-order valence-corrected chi connectivity index (χ0v) is 14.9. The molecule has 0 spiro atoms. The van der Waals surface area contributed by atoms with Crippen molar-refractivity contribution in [3.8, 4) is 0 Å². The molecule has 4 nitrogen and oxygen atoms in total. The lowest BCUT2D eigenvalue weighted by molar-refractivity contribution is 0.0974. The Kier molecular flexibility index (Phi) is 3.90. The molecule has 0 N–H and O–H groups in total. The first kappa shape index (κ1) is 16.0. The van der Waals surface area contributed by atoms with Crippen molar-refractivity contribution in [3.05, 3.63) is 74.6 Å². The topological polar surface area (TPSA) is 52.0 Å². The van der Waals surface area contributed by atoms with Crippen molar-refractivity contribution in [2.75, 3.05) is 0 Å². The highest BCUT2D eigenvalue weighted by Gasteiger charge is 2.16. The van der Waals surface area contributed by atoms with Crippen molar-refractivity contribution < 1.29 is 4.79 Å². The van der Waals surface area contributed by atoms with Crippen molar-refractivity contribution >= 4 is 49.7 Å². The predicted molar refractivity (Wildman–Crippen MR) is 102 cm³/mol. The number of Topliss-reactive ketones (excluding diaryl/α,β-unsaturated/α-hetero) is 1. The van der Waals surface area contributed by atoms with Gasteiger partial charge in [0.25, 0.3) is 5.56 Å². The smallest absolute Gasteiger partial charge is 0.261 e. The highest BCUT2D eigenvalue weighted by atomic mass is 35.5. The average molecular weight is 369 g/mol. The van der Waals surface area contributed by atoms with Gasteiger partial charge in [0.05, 0.1) is 28.7 Å². The van der Waals surface area contributed by atoms with E-state index in [2.05, 4.69) is 4.98 Å². The van der Waals surface area contributed by atoms with Crippen LogP contribution in [0.2, 0.25) is 5.02 Å². The molecule has 6 heteroatoms. The summed E-state index contributed by atoms with van der Waals surface area (Å²) < 4.78 is 2.42. The van der Waals surface area contributed by atoms with E-state index in [0.29, 0.717) is 20.8 Å². The Labute approximate surface area is 152 Å². The van der Waals surface area contributed by atoms with E-state index in [0.717, 1.165) is 15.6 Å². The quantitative estimate of drug-likeness (QED) is 0.502. The molecule has 124 valence electrons. The summed E-state index contributed by atoms with van der Waals surface area (Å²) in [5, 5.41) is 2.05. The molecule has 0 fully saturated rings. The van der Waals surface area contributed by atoms with Gasteiger partial charge in [-0.25, -0.2) is 4.98 Å².